The molecule has 2 aliphatic rings. The van der Waals surface area contributed by atoms with Crippen molar-refractivity contribution in [2.45, 2.75) is 62.7 Å². The van der Waals surface area contributed by atoms with Crippen LogP contribution >= 0.6 is 11.3 Å². The van der Waals surface area contributed by atoms with E-state index < -0.39 is 12.0 Å². The summed E-state index contributed by atoms with van der Waals surface area (Å²) in [6, 6.07) is 0.554. The van der Waals surface area contributed by atoms with Crippen LogP contribution in [0, 0.1) is 0 Å². The lowest BCUT2D eigenvalue weighted by molar-refractivity contribution is -0.124. The third-order valence-electron chi connectivity index (χ3n) is 6.00. The fourth-order valence-electron chi connectivity index (χ4n) is 4.41. The van der Waals surface area contributed by atoms with Crippen LogP contribution in [0.4, 0.5) is 0 Å². The molecule has 2 aromatic heterocycles. The van der Waals surface area contributed by atoms with Crippen molar-refractivity contribution in [2.24, 2.45) is 5.73 Å². The van der Waals surface area contributed by atoms with Crippen LogP contribution in [0.2, 0.25) is 0 Å². The van der Waals surface area contributed by atoms with E-state index >= 15 is 0 Å². The number of carbonyl (C=O) groups excluding carboxylic acids is 1. The lowest BCUT2D eigenvalue weighted by Crippen LogP contribution is -2.34. The molecule has 2 atom stereocenters. The lowest BCUT2D eigenvalue weighted by atomic mass is 9.89. The Morgan fingerprint density at radius 1 is 1.36 bits per heavy atom. The standard InChI is InChI=1S/C20H26N4O3S/c1-10(17(25)18(21)26)13-7-8-14-15(13)16-19(23-9-24-20(16)28-14)27-12-5-3-11(22-2)4-6-12/h9,11-13,17,22,25H,1,3-8H2,2H3,(H2,21,26)/t11?,12?,13-,17+/m1/s1. The largest absolute Gasteiger partial charge is 0.474 e. The first-order valence-corrected chi connectivity index (χ1v) is 10.6. The maximum atomic E-state index is 11.5. The van der Waals surface area contributed by atoms with E-state index in [1.54, 1.807) is 17.7 Å². The molecule has 0 aromatic carbocycles. The van der Waals surface area contributed by atoms with Crippen LogP contribution < -0.4 is 15.8 Å². The Morgan fingerprint density at radius 3 is 2.79 bits per heavy atom. The first-order valence-electron chi connectivity index (χ1n) is 9.75. The molecule has 4 rings (SSSR count). The number of nitrogens with one attached hydrogen (secondary N) is 1. The van der Waals surface area contributed by atoms with Crippen LogP contribution in [0.25, 0.3) is 10.2 Å². The quantitative estimate of drug-likeness (QED) is 0.638. The highest BCUT2D eigenvalue weighted by Crippen LogP contribution is 2.49. The summed E-state index contributed by atoms with van der Waals surface area (Å²) in [5.74, 6) is -0.310. The summed E-state index contributed by atoms with van der Waals surface area (Å²) >= 11 is 1.63. The molecule has 2 aliphatic carbocycles. The molecule has 0 unspecified atom stereocenters. The Kier molecular flexibility index (Phi) is 5.35. The number of nitrogens with two attached hydrogens (primary N) is 1. The Labute approximate surface area is 168 Å². The smallest absolute Gasteiger partial charge is 0.250 e. The minimum Gasteiger partial charge on any atom is -0.474 e. The highest BCUT2D eigenvalue weighted by atomic mass is 32.1. The minimum atomic E-state index is -1.35. The van der Waals surface area contributed by atoms with Crippen LogP contribution in [-0.4, -0.2) is 46.3 Å². The van der Waals surface area contributed by atoms with Crippen molar-refractivity contribution >= 4 is 27.5 Å². The van der Waals surface area contributed by atoms with E-state index in [4.69, 9.17) is 10.5 Å². The van der Waals surface area contributed by atoms with E-state index in [1.165, 1.54) is 4.88 Å². The summed E-state index contributed by atoms with van der Waals surface area (Å²) in [6.45, 7) is 3.97. The molecule has 1 fully saturated rings. The van der Waals surface area contributed by atoms with Crippen LogP contribution in [0.3, 0.4) is 0 Å². The van der Waals surface area contributed by atoms with Gasteiger partial charge in [0.05, 0.1) is 5.39 Å². The molecule has 150 valence electrons. The number of primary amides is 1. The van der Waals surface area contributed by atoms with Crippen LogP contribution in [0.5, 0.6) is 5.88 Å². The van der Waals surface area contributed by atoms with Crippen LogP contribution in [-0.2, 0) is 11.2 Å². The highest BCUT2D eigenvalue weighted by molar-refractivity contribution is 7.19. The van der Waals surface area contributed by atoms with Crippen molar-refractivity contribution in [1.29, 1.82) is 0 Å². The van der Waals surface area contributed by atoms with Crippen LogP contribution in [0.15, 0.2) is 18.5 Å². The number of hydrogen-bond donors (Lipinski definition) is 3. The van der Waals surface area contributed by atoms with E-state index in [2.05, 4.69) is 21.9 Å². The predicted molar refractivity (Wildman–Crippen MR) is 109 cm³/mol. The molecule has 8 heteroatoms. The van der Waals surface area contributed by atoms with Crippen molar-refractivity contribution in [1.82, 2.24) is 15.3 Å². The average Bonchev–Trinajstić information content (AvgIpc) is 3.26. The fourth-order valence-corrected chi connectivity index (χ4v) is 5.61. The van der Waals surface area contributed by atoms with E-state index in [1.807, 2.05) is 7.05 Å². The highest BCUT2D eigenvalue weighted by Gasteiger charge is 2.35. The number of fused-ring (bicyclic) bond motifs is 3. The summed E-state index contributed by atoms with van der Waals surface area (Å²) in [4.78, 5) is 22.4. The zero-order chi connectivity index (χ0) is 19.8. The number of rotatable bonds is 6. The molecule has 0 radical (unpaired) electrons. The molecule has 0 bridgehead atoms. The van der Waals surface area contributed by atoms with Gasteiger partial charge < -0.3 is 20.9 Å². The summed E-state index contributed by atoms with van der Waals surface area (Å²) in [5, 5.41) is 14.4. The number of aliphatic hydroxyl groups is 1. The summed E-state index contributed by atoms with van der Waals surface area (Å²) in [7, 11) is 2.00. The third kappa shape index (κ3) is 3.40. The van der Waals surface area contributed by atoms with Crippen molar-refractivity contribution < 1.29 is 14.6 Å². The van der Waals surface area contributed by atoms with Gasteiger partial charge in [-0.2, -0.15) is 0 Å². The fraction of sp³-hybridized carbons (Fsp3) is 0.550. The Balaban J connectivity index is 1.65. The number of thiophene rings is 1. The Hall–Kier alpha value is -2.03. The number of aryl methyl sites for hydroxylation is 1. The second-order valence-corrected chi connectivity index (χ2v) is 8.73. The van der Waals surface area contributed by atoms with Gasteiger partial charge in [0.2, 0.25) is 5.88 Å². The second-order valence-electron chi connectivity index (χ2n) is 7.65. The van der Waals surface area contributed by atoms with E-state index in [9.17, 15) is 9.90 Å². The monoisotopic (exact) mass is 402 g/mol. The summed E-state index contributed by atoms with van der Waals surface area (Å²) < 4.78 is 6.33. The molecule has 0 aliphatic heterocycles. The zero-order valence-electron chi connectivity index (χ0n) is 16.0. The average molecular weight is 403 g/mol. The molecule has 0 saturated heterocycles. The molecule has 1 saturated carbocycles. The zero-order valence-corrected chi connectivity index (χ0v) is 16.8. The van der Waals surface area contributed by atoms with Gasteiger partial charge in [0, 0.05) is 16.8 Å². The SMILES string of the molecule is C=C([C@H](O)C(N)=O)[C@H]1CCc2sc3ncnc(OC4CCC(NC)CC4)c3c21. The summed E-state index contributed by atoms with van der Waals surface area (Å²) in [6.07, 6.45) is 6.13. The van der Waals surface area contributed by atoms with Gasteiger partial charge >= 0.3 is 0 Å². The maximum absolute atomic E-state index is 11.5. The van der Waals surface area contributed by atoms with Gasteiger partial charge in [0.25, 0.3) is 5.91 Å². The predicted octanol–water partition coefficient (Wildman–Crippen LogP) is 2.03. The van der Waals surface area contributed by atoms with Gasteiger partial charge in [0.15, 0.2) is 6.10 Å². The number of amides is 1. The molecule has 2 aromatic rings. The molecular weight excluding hydrogens is 376 g/mol. The Morgan fingerprint density at radius 2 is 2.11 bits per heavy atom. The molecule has 0 spiro atoms. The first-order chi connectivity index (χ1) is 13.5. The number of carbonyl (C=O) groups is 1. The number of ether oxygens (including phenoxy) is 1. The number of hydrogen-bond acceptors (Lipinski definition) is 7. The topological polar surface area (TPSA) is 110 Å². The van der Waals surface area contributed by atoms with Crippen molar-refractivity contribution in [3.63, 3.8) is 0 Å². The number of aromatic nitrogens is 2. The molecule has 7 nitrogen and oxygen atoms in total. The number of nitrogens with zero attached hydrogens (tertiary/aromatic N) is 2. The first kappa shape index (κ1) is 19.3. The Bertz CT molecular complexity index is 904. The van der Waals surface area contributed by atoms with E-state index in [0.717, 1.165) is 54.3 Å². The maximum Gasteiger partial charge on any atom is 0.250 e. The number of aliphatic hydroxyl groups excluding tert-OH is 1. The van der Waals surface area contributed by atoms with Gasteiger partial charge in [-0.15, -0.1) is 11.3 Å². The normalized spacial score (nSPS) is 25.4. The molecule has 4 N–H and O–H groups in total. The summed E-state index contributed by atoms with van der Waals surface area (Å²) in [5.41, 5.74) is 6.77. The van der Waals surface area contributed by atoms with Gasteiger partial charge in [0.1, 0.15) is 17.3 Å². The van der Waals surface area contributed by atoms with Gasteiger partial charge in [-0.05, 0) is 56.7 Å². The van der Waals surface area contributed by atoms with Crippen molar-refractivity contribution in [3.05, 3.63) is 28.9 Å². The molecule has 2 heterocycles. The molecule has 1 amide bonds. The van der Waals surface area contributed by atoms with Crippen LogP contribution in [0.1, 0.15) is 48.5 Å². The second kappa shape index (κ2) is 7.77. The third-order valence-corrected chi connectivity index (χ3v) is 7.18. The van der Waals surface area contributed by atoms with Crippen molar-refractivity contribution in [2.75, 3.05) is 7.05 Å². The van der Waals surface area contributed by atoms with E-state index in [-0.39, 0.29) is 12.0 Å². The molecular formula is C20H26N4O3S. The lowest BCUT2D eigenvalue weighted by Gasteiger charge is -2.28. The van der Waals surface area contributed by atoms with Crippen molar-refractivity contribution in [3.8, 4) is 5.88 Å². The molecule has 28 heavy (non-hydrogen) atoms. The minimum absolute atomic E-state index is 0.137. The van der Waals surface area contributed by atoms with Gasteiger partial charge in [-0.3, -0.25) is 4.79 Å². The van der Waals surface area contributed by atoms with Gasteiger partial charge in [-0.1, -0.05) is 6.58 Å². The van der Waals surface area contributed by atoms with E-state index in [0.29, 0.717) is 17.5 Å². The van der Waals surface area contributed by atoms with Gasteiger partial charge in [-0.25, -0.2) is 9.97 Å².